The first-order valence-corrected chi connectivity index (χ1v) is 10.9. The van der Waals surface area contributed by atoms with Crippen molar-refractivity contribution < 1.29 is 9.53 Å². The van der Waals surface area contributed by atoms with Gasteiger partial charge in [-0.25, -0.2) is 4.98 Å². The van der Waals surface area contributed by atoms with Gasteiger partial charge in [0.05, 0.1) is 24.1 Å². The lowest BCUT2D eigenvalue weighted by Gasteiger charge is -2.26. The van der Waals surface area contributed by atoms with E-state index in [1.807, 2.05) is 36.5 Å². The second-order valence-corrected chi connectivity index (χ2v) is 8.32. The molecule has 2 aromatic carbocycles. The lowest BCUT2D eigenvalue weighted by molar-refractivity contribution is -0.119. The number of para-hydroxylation sites is 2. The molecular weight excluding hydrogens is 382 g/mol. The smallest absolute Gasteiger partial charge is 0.230 e. The number of ether oxygens (including phenoxy) is 1. The van der Waals surface area contributed by atoms with Crippen LogP contribution in [0.25, 0.3) is 5.69 Å². The molecule has 0 saturated carbocycles. The topological polar surface area (TPSA) is 56.2 Å². The van der Waals surface area contributed by atoms with Gasteiger partial charge in [-0.3, -0.25) is 9.36 Å². The van der Waals surface area contributed by atoms with Gasteiger partial charge in [-0.2, -0.15) is 0 Å². The highest BCUT2D eigenvalue weighted by Gasteiger charge is 2.23. The van der Waals surface area contributed by atoms with E-state index in [4.69, 9.17) is 4.74 Å². The van der Waals surface area contributed by atoms with Gasteiger partial charge < -0.3 is 10.1 Å². The summed E-state index contributed by atoms with van der Waals surface area (Å²) in [5, 5.41) is 3.97. The predicted octanol–water partition coefficient (Wildman–Crippen LogP) is 4.73. The third-order valence-electron chi connectivity index (χ3n) is 5.05. The number of carbonyl (C=O) groups excluding carboxylic acids is 1. The van der Waals surface area contributed by atoms with Crippen LogP contribution in [0, 0.1) is 0 Å². The molecule has 1 atom stereocenters. The number of hydrogen-bond acceptors (Lipinski definition) is 4. The molecule has 1 N–H and O–H groups in total. The van der Waals surface area contributed by atoms with Gasteiger partial charge in [0.1, 0.15) is 5.75 Å². The molecule has 150 valence electrons. The van der Waals surface area contributed by atoms with Gasteiger partial charge in [-0.05, 0) is 23.6 Å². The van der Waals surface area contributed by atoms with Crippen LogP contribution in [0.3, 0.4) is 0 Å². The summed E-state index contributed by atoms with van der Waals surface area (Å²) < 4.78 is 7.75. The molecule has 2 heterocycles. The number of aromatic nitrogens is 2. The van der Waals surface area contributed by atoms with Gasteiger partial charge in [0.25, 0.3) is 0 Å². The van der Waals surface area contributed by atoms with Gasteiger partial charge in [0.2, 0.25) is 5.91 Å². The minimum absolute atomic E-state index is 0.00315. The maximum atomic E-state index is 12.6. The van der Waals surface area contributed by atoms with Crippen molar-refractivity contribution in [1.82, 2.24) is 14.9 Å². The van der Waals surface area contributed by atoms with Crippen molar-refractivity contribution in [2.45, 2.75) is 37.4 Å². The number of thioether (sulfide) groups is 1. The number of nitrogens with zero attached hydrogens (tertiary/aromatic N) is 2. The van der Waals surface area contributed by atoms with Crippen molar-refractivity contribution in [2.24, 2.45) is 0 Å². The highest BCUT2D eigenvalue weighted by atomic mass is 32.2. The van der Waals surface area contributed by atoms with Gasteiger partial charge in [-0.1, -0.05) is 62.0 Å². The highest BCUT2D eigenvalue weighted by molar-refractivity contribution is 7.99. The molecular formula is C23H25N3O2S. The number of fused-ring (bicyclic) bond motifs is 1. The quantitative estimate of drug-likeness (QED) is 0.600. The monoisotopic (exact) mass is 407 g/mol. The third kappa shape index (κ3) is 4.32. The summed E-state index contributed by atoms with van der Waals surface area (Å²) in [4.78, 5) is 17.1. The number of benzene rings is 2. The van der Waals surface area contributed by atoms with E-state index in [0.29, 0.717) is 18.3 Å². The Morgan fingerprint density at radius 3 is 2.90 bits per heavy atom. The van der Waals surface area contributed by atoms with E-state index >= 15 is 0 Å². The first-order valence-electron chi connectivity index (χ1n) is 9.90. The number of rotatable bonds is 6. The Balaban J connectivity index is 1.44. The second kappa shape index (κ2) is 8.74. The minimum Gasteiger partial charge on any atom is -0.493 e. The average Bonchev–Trinajstić information content (AvgIpc) is 3.21. The zero-order valence-corrected chi connectivity index (χ0v) is 17.5. The second-order valence-electron chi connectivity index (χ2n) is 7.38. The van der Waals surface area contributed by atoms with E-state index in [9.17, 15) is 4.79 Å². The molecule has 1 aromatic heterocycles. The normalized spacial score (nSPS) is 15.6. The molecule has 1 aliphatic rings. The number of nitrogens with one attached hydrogen (secondary N) is 1. The fourth-order valence-electron chi connectivity index (χ4n) is 3.63. The molecule has 0 saturated heterocycles. The summed E-state index contributed by atoms with van der Waals surface area (Å²) in [6, 6.07) is 16.2. The molecule has 0 aliphatic carbocycles. The van der Waals surface area contributed by atoms with Crippen LogP contribution < -0.4 is 10.1 Å². The van der Waals surface area contributed by atoms with E-state index in [-0.39, 0.29) is 11.9 Å². The summed E-state index contributed by atoms with van der Waals surface area (Å²) in [5.41, 5.74) is 3.42. The van der Waals surface area contributed by atoms with E-state index in [1.54, 1.807) is 6.20 Å². The largest absolute Gasteiger partial charge is 0.493 e. The predicted molar refractivity (Wildman–Crippen MR) is 116 cm³/mol. The number of hydrogen-bond donors (Lipinski definition) is 1. The molecule has 6 heteroatoms. The van der Waals surface area contributed by atoms with Crippen molar-refractivity contribution in [2.75, 3.05) is 12.4 Å². The van der Waals surface area contributed by atoms with Crippen LogP contribution in [0.4, 0.5) is 0 Å². The van der Waals surface area contributed by atoms with Crippen LogP contribution in [0.5, 0.6) is 5.75 Å². The molecule has 1 unspecified atom stereocenters. The number of imidazole rings is 1. The fraction of sp³-hybridized carbons (Fsp3) is 0.304. The van der Waals surface area contributed by atoms with E-state index < -0.39 is 0 Å². The SMILES string of the molecule is CC(C)c1ccccc1-n1ccnc1SCC(=O)NC1CCOc2ccccc21. The number of amides is 1. The molecule has 1 aliphatic heterocycles. The van der Waals surface area contributed by atoms with Gasteiger partial charge >= 0.3 is 0 Å². The lowest BCUT2D eigenvalue weighted by atomic mass is 10.0. The Kier molecular flexibility index (Phi) is 5.90. The van der Waals surface area contributed by atoms with Crippen LogP contribution in [-0.2, 0) is 4.79 Å². The summed E-state index contributed by atoms with van der Waals surface area (Å²) >= 11 is 1.46. The first kappa shape index (κ1) is 19.6. The van der Waals surface area contributed by atoms with Crippen molar-refractivity contribution >= 4 is 17.7 Å². The zero-order valence-electron chi connectivity index (χ0n) is 16.7. The summed E-state index contributed by atoms with van der Waals surface area (Å²) in [6.07, 6.45) is 4.52. The average molecular weight is 408 g/mol. The number of carbonyl (C=O) groups is 1. The Labute approximate surface area is 175 Å². The van der Waals surface area contributed by atoms with Gasteiger partial charge in [-0.15, -0.1) is 0 Å². The molecule has 0 bridgehead atoms. The summed E-state index contributed by atoms with van der Waals surface area (Å²) in [7, 11) is 0. The molecule has 0 spiro atoms. The van der Waals surface area contributed by atoms with Crippen LogP contribution in [0.15, 0.2) is 66.1 Å². The molecule has 29 heavy (non-hydrogen) atoms. The lowest BCUT2D eigenvalue weighted by Crippen LogP contribution is -2.33. The molecule has 1 amide bonds. The Morgan fingerprint density at radius 1 is 1.24 bits per heavy atom. The molecule has 0 fully saturated rings. The Bertz CT molecular complexity index is 999. The molecule has 0 radical (unpaired) electrons. The fourth-order valence-corrected chi connectivity index (χ4v) is 4.41. The van der Waals surface area contributed by atoms with Crippen molar-refractivity contribution in [3.63, 3.8) is 0 Å². The van der Waals surface area contributed by atoms with Crippen LogP contribution in [-0.4, -0.2) is 27.8 Å². The van der Waals surface area contributed by atoms with Crippen LogP contribution in [0.1, 0.15) is 43.4 Å². The molecule has 3 aromatic rings. The van der Waals surface area contributed by atoms with E-state index in [2.05, 4.69) is 46.9 Å². The Morgan fingerprint density at radius 2 is 2.03 bits per heavy atom. The van der Waals surface area contributed by atoms with Gasteiger partial charge in [0.15, 0.2) is 5.16 Å². The van der Waals surface area contributed by atoms with E-state index in [0.717, 1.165) is 28.6 Å². The maximum Gasteiger partial charge on any atom is 0.230 e. The highest BCUT2D eigenvalue weighted by Crippen LogP contribution is 2.32. The third-order valence-corrected chi connectivity index (χ3v) is 6.02. The molecule has 4 rings (SSSR count). The van der Waals surface area contributed by atoms with Gasteiger partial charge in [0, 0.05) is 24.4 Å². The summed E-state index contributed by atoms with van der Waals surface area (Å²) in [6.45, 7) is 4.98. The maximum absolute atomic E-state index is 12.6. The van der Waals surface area contributed by atoms with Crippen molar-refractivity contribution in [1.29, 1.82) is 0 Å². The van der Waals surface area contributed by atoms with Crippen LogP contribution >= 0.6 is 11.8 Å². The first-order chi connectivity index (χ1) is 14.1. The zero-order chi connectivity index (χ0) is 20.2. The van der Waals surface area contributed by atoms with Crippen LogP contribution in [0.2, 0.25) is 0 Å². The van der Waals surface area contributed by atoms with Crippen molar-refractivity contribution in [3.05, 3.63) is 72.1 Å². The van der Waals surface area contributed by atoms with E-state index in [1.165, 1.54) is 17.3 Å². The molecule has 5 nitrogen and oxygen atoms in total. The standard InChI is InChI=1S/C23H25N3O2S/c1-16(2)17-7-3-5-9-20(17)26-13-12-24-23(26)29-15-22(27)25-19-11-14-28-21-10-6-4-8-18(19)21/h3-10,12-13,16,19H,11,14-15H2,1-2H3,(H,25,27). The minimum atomic E-state index is -0.00513. The summed E-state index contributed by atoms with van der Waals surface area (Å²) in [5.74, 6) is 1.59. The van der Waals surface area contributed by atoms with Crippen molar-refractivity contribution in [3.8, 4) is 11.4 Å². The Hall–Kier alpha value is -2.73.